The molecule has 0 heterocycles. The summed E-state index contributed by atoms with van der Waals surface area (Å²) in [7, 11) is 0. The van der Waals surface area contributed by atoms with Crippen LogP contribution in [0.4, 0.5) is 17.1 Å². The number of benzene rings is 10. The molecule has 0 aliphatic heterocycles. The number of nitrogens with zero attached hydrogens (tertiary/aromatic N) is 1. The zero-order valence-electron chi connectivity index (χ0n) is 32.6. The lowest BCUT2D eigenvalue weighted by molar-refractivity contribution is 1.28. The lowest BCUT2D eigenvalue weighted by Gasteiger charge is -2.26. The molecule has 0 saturated carbocycles. The highest BCUT2D eigenvalue weighted by Crippen LogP contribution is 2.39. The summed E-state index contributed by atoms with van der Waals surface area (Å²) < 4.78 is 0. The van der Waals surface area contributed by atoms with E-state index < -0.39 is 0 Å². The quantitative estimate of drug-likeness (QED) is 0.142. The third kappa shape index (κ3) is 7.46. The summed E-state index contributed by atoms with van der Waals surface area (Å²) in [4.78, 5) is 2.35. The number of rotatable bonds is 9. The van der Waals surface area contributed by atoms with Gasteiger partial charge in [-0.15, -0.1) is 0 Å². The van der Waals surface area contributed by atoms with E-state index in [2.05, 4.69) is 254 Å². The van der Waals surface area contributed by atoms with E-state index in [1.54, 1.807) is 0 Å². The third-order valence-electron chi connectivity index (χ3n) is 11.3. The Morgan fingerprint density at radius 2 is 0.508 bits per heavy atom. The molecule has 0 amide bonds. The van der Waals surface area contributed by atoms with Crippen LogP contribution in [0.5, 0.6) is 0 Å². The van der Waals surface area contributed by atoms with Crippen LogP contribution in [0, 0.1) is 0 Å². The van der Waals surface area contributed by atoms with Crippen molar-refractivity contribution in [2.75, 3.05) is 4.90 Å². The van der Waals surface area contributed by atoms with E-state index in [0.29, 0.717) is 0 Å². The Morgan fingerprint density at radius 3 is 0.966 bits per heavy atom. The van der Waals surface area contributed by atoms with Gasteiger partial charge in [-0.3, -0.25) is 0 Å². The highest BCUT2D eigenvalue weighted by Gasteiger charge is 2.15. The van der Waals surface area contributed by atoms with Crippen molar-refractivity contribution in [3.63, 3.8) is 0 Å². The van der Waals surface area contributed by atoms with E-state index in [1.807, 2.05) is 0 Å². The van der Waals surface area contributed by atoms with Crippen molar-refractivity contribution in [3.8, 4) is 66.8 Å². The Kier molecular flexibility index (Phi) is 9.68. The van der Waals surface area contributed by atoms with Gasteiger partial charge in [0.25, 0.3) is 0 Å². The van der Waals surface area contributed by atoms with Gasteiger partial charge in [-0.25, -0.2) is 0 Å². The maximum atomic E-state index is 2.35. The molecular formula is C58H41N. The molecule has 0 spiro atoms. The monoisotopic (exact) mass is 751 g/mol. The summed E-state index contributed by atoms with van der Waals surface area (Å²) in [5, 5.41) is 2.52. The fraction of sp³-hybridized carbons (Fsp3) is 0. The average Bonchev–Trinajstić information content (AvgIpc) is 3.33. The maximum absolute atomic E-state index is 2.35. The largest absolute Gasteiger partial charge is 0.311 e. The van der Waals surface area contributed by atoms with Gasteiger partial charge in [0.15, 0.2) is 0 Å². The minimum atomic E-state index is 1.10. The zero-order chi connectivity index (χ0) is 39.4. The first-order chi connectivity index (χ1) is 29.2. The lowest BCUT2D eigenvalue weighted by Crippen LogP contribution is -2.09. The van der Waals surface area contributed by atoms with E-state index in [9.17, 15) is 0 Å². The number of anilines is 3. The molecule has 0 unspecified atom stereocenters. The predicted molar refractivity (Wildman–Crippen MR) is 251 cm³/mol. The van der Waals surface area contributed by atoms with Gasteiger partial charge < -0.3 is 4.90 Å². The number of hydrogen-bond acceptors (Lipinski definition) is 1. The normalized spacial score (nSPS) is 11.1. The van der Waals surface area contributed by atoms with Crippen molar-refractivity contribution in [3.05, 3.63) is 249 Å². The van der Waals surface area contributed by atoms with Gasteiger partial charge in [0, 0.05) is 17.1 Å². The summed E-state index contributed by atoms with van der Waals surface area (Å²) in [5.41, 5.74) is 17.8. The molecule has 0 radical (unpaired) electrons. The van der Waals surface area contributed by atoms with Crippen LogP contribution < -0.4 is 4.90 Å². The summed E-state index contributed by atoms with van der Waals surface area (Å²) in [6.45, 7) is 0. The smallest absolute Gasteiger partial charge is 0.0462 e. The second kappa shape index (κ2) is 16.0. The van der Waals surface area contributed by atoms with Gasteiger partial charge in [-0.05, 0) is 120 Å². The molecular weight excluding hydrogens is 711 g/mol. The first-order valence-corrected chi connectivity index (χ1v) is 20.2. The predicted octanol–water partition coefficient (Wildman–Crippen LogP) is 16.3. The molecule has 278 valence electrons. The van der Waals surface area contributed by atoms with Gasteiger partial charge in [0.2, 0.25) is 0 Å². The third-order valence-corrected chi connectivity index (χ3v) is 11.3. The van der Waals surface area contributed by atoms with Gasteiger partial charge in [0.1, 0.15) is 0 Å². The summed E-state index contributed by atoms with van der Waals surface area (Å²) in [6.07, 6.45) is 0. The van der Waals surface area contributed by atoms with Gasteiger partial charge in [-0.2, -0.15) is 0 Å². The van der Waals surface area contributed by atoms with Crippen LogP contribution in [-0.4, -0.2) is 0 Å². The molecule has 0 bridgehead atoms. The van der Waals surface area contributed by atoms with Crippen LogP contribution in [0.25, 0.3) is 77.5 Å². The van der Waals surface area contributed by atoms with E-state index in [4.69, 9.17) is 0 Å². The average molecular weight is 752 g/mol. The number of hydrogen-bond donors (Lipinski definition) is 0. The molecule has 0 fully saturated rings. The van der Waals surface area contributed by atoms with E-state index in [0.717, 1.165) is 17.1 Å². The van der Waals surface area contributed by atoms with E-state index in [-0.39, 0.29) is 0 Å². The molecule has 10 aromatic carbocycles. The Bertz CT molecular complexity index is 2840. The van der Waals surface area contributed by atoms with Gasteiger partial charge >= 0.3 is 0 Å². The van der Waals surface area contributed by atoms with Gasteiger partial charge in [-0.1, -0.05) is 206 Å². The summed E-state index contributed by atoms with van der Waals surface area (Å²) >= 11 is 0. The first-order valence-electron chi connectivity index (χ1n) is 20.2. The van der Waals surface area contributed by atoms with Crippen LogP contribution in [0.15, 0.2) is 249 Å². The molecule has 0 N–H and O–H groups in total. The molecule has 0 saturated heterocycles. The van der Waals surface area contributed by atoms with Crippen molar-refractivity contribution in [1.29, 1.82) is 0 Å². The molecule has 0 atom stereocenters. The Hall–Kier alpha value is -7.74. The van der Waals surface area contributed by atoms with Crippen molar-refractivity contribution < 1.29 is 0 Å². The summed E-state index contributed by atoms with van der Waals surface area (Å²) in [5.74, 6) is 0. The fourth-order valence-corrected chi connectivity index (χ4v) is 8.17. The highest BCUT2D eigenvalue weighted by atomic mass is 15.1. The summed E-state index contributed by atoms with van der Waals surface area (Å²) in [6, 6.07) is 89.7. The molecule has 59 heavy (non-hydrogen) atoms. The van der Waals surface area contributed by atoms with Crippen LogP contribution in [0.1, 0.15) is 0 Å². The van der Waals surface area contributed by atoms with Crippen LogP contribution >= 0.6 is 0 Å². The standard InChI is InChI=1S/C58H41N/c1-3-11-42(12-4-1)44-21-25-46(26-22-44)48-29-35-54(36-30-48)59(55-37-31-49(32-38-55)47-27-23-45(24-28-47)43-13-5-2-6-14-43)56-39-33-50(34-40-56)52-17-9-18-53(41-52)58-20-10-16-51-15-7-8-19-57(51)58/h1-41H. The van der Waals surface area contributed by atoms with Crippen LogP contribution in [0.3, 0.4) is 0 Å². The molecule has 0 aliphatic carbocycles. The molecule has 1 heteroatoms. The second-order valence-corrected chi connectivity index (χ2v) is 15.0. The molecule has 10 aromatic rings. The molecule has 0 aromatic heterocycles. The maximum Gasteiger partial charge on any atom is 0.0462 e. The minimum absolute atomic E-state index is 1.10. The molecule has 1 nitrogen and oxygen atoms in total. The second-order valence-electron chi connectivity index (χ2n) is 15.0. The van der Waals surface area contributed by atoms with E-state index >= 15 is 0 Å². The SMILES string of the molecule is c1ccc(-c2ccc(-c3ccc(N(c4ccc(-c5ccc(-c6ccccc6)cc5)cc4)c4ccc(-c5cccc(-c6cccc7ccccc67)c5)cc4)cc3)cc2)cc1. The minimum Gasteiger partial charge on any atom is -0.311 e. The topological polar surface area (TPSA) is 3.24 Å². The Labute approximate surface area is 346 Å². The van der Waals surface area contributed by atoms with Crippen molar-refractivity contribution in [2.24, 2.45) is 0 Å². The number of fused-ring (bicyclic) bond motifs is 1. The highest BCUT2D eigenvalue weighted by molar-refractivity contribution is 5.97. The molecule has 0 aliphatic rings. The van der Waals surface area contributed by atoms with Crippen LogP contribution in [0.2, 0.25) is 0 Å². The fourth-order valence-electron chi connectivity index (χ4n) is 8.17. The zero-order valence-corrected chi connectivity index (χ0v) is 32.6. The lowest BCUT2D eigenvalue weighted by atomic mass is 9.95. The Balaban J connectivity index is 0.971. The molecule has 10 rings (SSSR count). The van der Waals surface area contributed by atoms with Crippen molar-refractivity contribution in [1.82, 2.24) is 0 Å². The van der Waals surface area contributed by atoms with Crippen molar-refractivity contribution in [2.45, 2.75) is 0 Å². The van der Waals surface area contributed by atoms with Gasteiger partial charge in [0.05, 0.1) is 0 Å². The van der Waals surface area contributed by atoms with E-state index in [1.165, 1.54) is 77.5 Å². The Morgan fingerprint density at radius 1 is 0.203 bits per heavy atom. The van der Waals surface area contributed by atoms with Crippen molar-refractivity contribution >= 4 is 27.8 Å². The first kappa shape index (κ1) is 35.7. The van der Waals surface area contributed by atoms with Crippen LogP contribution in [-0.2, 0) is 0 Å².